The van der Waals surface area contributed by atoms with Crippen LogP contribution in [0, 0.1) is 0 Å². The van der Waals surface area contributed by atoms with Gasteiger partial charge in [0, 0.05) is 60.9 Å². The van der Waals surface area contributed by atoms with Gasteiger partial charge in [0.05, 0.1) is 38.8 Å². The average molecular weight is 804 g/mol. The van der Waals surface area contributed by atoms with Crippen LogP contribution in [0.5, 0.6) is 0 Å². The molecule has 4 aromatic heterocycles. The summed E-state index contributed by atoms with van der Waals surface area (Å²) in [5.41, 5.74) is 14.4. The molecule has 5 nitrogen and oxygen atoms in total. The van der Waals surface area contributed by atoms with Crippen LogP contribution in [0.1, 0.15) is 0 Å². The van der Waals surface area contributed by atoms with Crippen molar-refractivity contribution in [1.29, 1.82) is 0 Å². The second kappa shape index (κ2) is 14.0. The van der Waals surface area contributed by atoms with Gasteiger partial charge in [0.15, 0.2) is 5.82 Å². The molecule has 0 N–H and O–H groups in total. The molecule has 0 unspecified atom stereocenters. The normalized spacial score (nSPS) is 11.8. The monoisotopic (exact) mass is 803 g/mol. The maximum absolute atomic E-state index is 5.31. The molecule has 5 heteroatoms. The second-order valence-electron chi connectivity index (χ2n) is 16.2. The predicted octanol–water partition coefficient (Wildman–Crippen LogP) is 14.8. The first-order valence-corrected chi connectivity index (χ1v) is 21.4. The molecule has 13 aromatic rings. The first-order chi connectivity index (χ1) is 31.3. The van der Waals surface area contributed by atoms with Crippen molar-refractivity contribution in [2.75, 3.05) is 0 Å². The highest BCUT2D eigenvalue weighted by Crippen LogP contribution is 2.45. The van der Waals surface area contributed by atoms with Crippen molar-refractivity contribution in [3.63, 3.8) is 0 Å². The van der Waals surface area contributed by atoms with Crippen molar-refractivity contribution in [2.45, 2.75) is 0 Å². The Balaban J connectivity index is 1.05. The van der Waals surface area contributed by atoms with Crippen molar-refractivity contribution in [1.82, 2.24) is 23.7 Å². The van der Waals surface area contributed by atoms with Gasteiger partial charge in [0.2, 0.25) is 0 Å². The lowest BCUT2D eigenvalue weighted by molar-refractivity contribution is 1.05. The van der Waals surface area contributed by atoms with Crippen molar-refractivity contribution < 1.29 is 0 Å². The van der Waals surface area contributed by atoms with Crippen LogP contribution in [0.3, 0.4) is 0 Å². The van der Waals surface area contributed by atoms with Gasteiger partial charge in [-0.2, -0.15) is 0 Å². The van der Waals surface area contributed by atoms with Crippen molar-refractivity contribution in [3.05, 3.63) is 224 Å². The van der Waals surface area contributed by atoms with E-state index in [1.165, 1.54) is 60.0 Å². The molecule has 0 aliphatic rings. The summed E-state index contributed by atoms with van der Waals surface area (Å²) in [7, 11) is 0. The van der Waals surface area contributed by atoms with E-state index in [2.05, 4.69) is 214 Å². The van der Waals surface area contributed by atoms with E-state index in [4.69, 9.17) is 9.97 Å². The number of hydrogen-bond donors (Lipinski definition) is 0. The van der Waals surface area contributed by atoms with Crippen molar-refractivity contribution >= 4 is 65.4 Å². The van der Waals surface area contributed by atoms with Crippen LogP contribution in [0.2, 0.25) is 0 Å². The fourth-order valence-electron chi connectivity index (χ4n) is 9.99. The fourth-order valence-corrected chi connectivity index (χ4v) is 9.99. The van der Waals surface area contributed by atoms with Crippen molar-refractivity contribution in [2.24, 2.45) is 0 Å². The minimum absolute atomic E-state index is 0.689. The Kier molecular flexibility index (Phi) is 7.84. The van der Waals surface area contributed by atoms with Gasteiger partial charge in [0.25, 0.3) is 0 Å². The summed E-state index contributed by atoms with van der Waals surface area (Å²) in [4.78, 5) is 10.4. The third-order valence-electron chi connectivity index (χ3n) is 12.7. The van der Waals surface area contributed by atoms with Crippen LogP contribution in [-0.4, -0.2) is 23.7 Å². The molecular weight excluding hydrogens is 767 g/mol. The van der Waals surface area contributed by atoms with Gasteiger partial charge in [-0.05, 0) is 71.8 Å². The van der Waals surface area contributed by atoms with Gasteiger partial charge in [-0.25, -0.2) is 9.97 Å². The summed E-state index contributed by atoms with van der Waals surface area (Å²) < 4.78 is 7.14. The Labute approximate surface area is 363 Å². The number of nitrogens with zero attached hydrogens (tertiary/aromatic N) is 5. The largest absolute Gasteiger partial charge is 0.309 e. The third-order valence-corrected chi connectivity index (χ3v) is 12.7. The highest BCUT2D eigenvalue weighted by Gasteiger charge is 2.23. The van der Waals surface area contributed by atoms with Crippen LogP contribution < -0.4 is 0 Å². The van der Waals surface area contributed by atoms with E-state index >= 15 is 0 Å². The highest BCUT2D eigenvalue weighted by atomic mass is 15.1. The molecule has 0 bridgehead atoms. The molecule has 0 fully saturated rings. The first-order valence-electron chi connectivity index (χ1n) is 21.4. The number of aromatic nitrogens is 5. The summed E-state index contributed by atoms with van der Waals surface area (Å²) >= 11 is 0. The zero-order chi connectivity index (χ0) is 41.4. The molecule has 9 aromatic carbocycles. The fraction of sp³-hybridized carbons (Fsp3) is 0. The molecule has 0 saturated carbocycles. The van der Waals surface area contributed by atoms with Crippen LogP contribution in [0.4, 0.5) is 0 Å². The lowest BCUT2D eigenvalue weighted by Gasteiger charge is -2.13. The SMILES string of the molecule is c1ccc(-c2cc(-n3c4ccccc4c4c(-c5cccc6c5c5ccccc5n6-c5ccc6c(c5)c5ccccc5n6-c5ccccc5)cccc43)nc(-c3ccccc3)n2)cc1. The van der Waals surface area contributed by atoms with E-state index < -0.39 is 0 Å². The van der Waals surface area contributed by atoms with E-state index in [0.717, 1.165) is 50.6 Å². The van der Waals surface area contributed by atoms with E-state index in [1.54, 1.807) is 0 Å². The zero-order valence-electron chi connectivity index (χ0n) is 34.1. The lowest BCUT2D eigenvalue weighted by Crippen LogP contribution is -2.02. The van der Waals surface area contributed by atoms with E-state index in [1.807, 2.05) is 24.3 Å². The molecular formula is C58H37N5. The summed E-state index contributed by atoms with van der Waals surface area (Å²) in [6.07, 6.45) is 0. The summed E-state index contributed by atoms with van der Waals surface area (Å²) in [6.45, 7) is 0. The quantitative estimate of drug-likeness (QED) is 0.168. The van der Waals surface area contributed by atoms with Gasteiger partial charge in [0.1, 0.15) is 5.82 Å². The Morgan fingerprint density at radius 1 is 0.286 bits per heavy atom. The van der Waals surface area contributed by atoms with Gasteiger partial charge in [-0.3, -0.25) is 4.57 Å². The molecule has 0 spiro atoms. The van der Waals surface area contributed by atoms with Gasteiger partial charge in [-0.15, -0.1) is 0 Å². The molecule has 0 amide bonds. The summed E-state index contributed by atoms with van der Waals surface area (Å²) in [5, 5.41) is 7.26. The van der Waals surface area contributed by atoms with Crippen LogP contribution in [0.15, 0.2) is 224 Å². The molecule has 0 aliphatic carbocycles. The minimum atomic E-state index is 0.689. The van der Waals surface area contributed by atoms with E-state index in [0.29, 0.717) is 5.82 Å². The standard InChI is InChI=1S/C58H37N5/c1-4-18-38(19-5-1)48-37-55(60-58(59-48)39-20-6-2-7-21-39)63-51-31-15-12-26-46(51)57-44(28-17-33-54(57)63)43-27-16-32-53-56(43)45-25-11-14-30-50(45)62(53)41-34-35-52-47(36-41)42-24-10-13-29-49(42)61(52)40-22-8-3-9-23-40/h1-37H. The Bertz CT molecular complexity index is 3840. The number of para-hydroxylation sites is 4. The number of benzene rings is 9. The molecule has 0 aliphatic heterocycles. The van der Waals surface area contributed by atoms with Gasteiger partial charge in [-0.1, -0.05) is 158 Å². The smallest absolute Gasteiger partial charge is 0.162 e. The molecule has 0 atom stereocenters. The predicted molar refractivity (Wildman–Crippen MR) is 261 cm³/mol. The number of rotatable bonds is 6. The maximum Gasteiger partial charge on any atom is 0.162 e. The zero-order valence-corrected chi connectivity index (χ0v) is 34.1. The first kappa shape index (κ1) is 35.2. The maximum atomic E-state index is 5.31. The van der Waals surface area contributed by atoms with E-state index in [9.17, 15) is 0 Å². The number of fused-ring (bicyclic) bond motifs is 9. The summed E-state index contributed by atoms with van der Waals surface area (Å²) in [6, 6.07) is 80.2. The molecule has 294 valence electrons. The molecule has 0 radical (unpaired) electrons. The van der Waals surface area contributed by atoms with Gasteiger partial charge >= 0.3 is 0 Å². The van der Waals surface area contributed by atoms with Gasteiger partial charge < -0.3 is 9.13 Å². The molecule has 63 heavy (non-hydrogen) atoms. The highest BCUT2D eigenvalue weighted by molar-refractivity contribution is 6.22. The third kappa shape index (κ3) is 5.43. The second-order valence-corrected chi connectivity index (χ2v) is 16.2. The van der Waals surface area contributed by atoms with Crippen LogP contribution >= 0.6 is 0 Å². The summed E-state index contributed by atoms with van der Waals surface area (Å²) in [5.74, 6) is 1.51. The Hall–Kier alpha value is -8.54. The van der Waals surface area contributed by atoms with E-state index in [-0.39, 0.29) is 0 Å². The Morgan fingerprint density at radius 3 is 1.41 bits per heavy atom. The van der Waals surface area contributed by atoms with Crippen LogP contribution in [-0.2, 0) is 0 Å². The lowest BCUT2D eigenvalue weighted by atomic mass is 9.95. The van der Waals surface area contributed by atoms with Crippen molar-refractivity contribution in [3.8, 4) is 51.0 Å². The molecule has 0 saturated heterocycles. The van der Waals surface area contributed by atoms with Crippen LogP contribution in [0.25, 0.3) is 116 Å². The molecule has 13 rings (SSSR count). The molecule has 4 heterocycles. The minimum Gasteiger partial charge on any atom is -0.309 e. The average Bonchev–Trinajstić information content (AvgIpc) is 4.00. The topological polar surface area (TPSA) is 40.6 Å². The Morgan fingerprint density at radius 2 is 0.762 bits per heavy atom. The number of hydrogen-bond acceptors (Lipinski definition) is 2.